The molecule has 24 heavy (non-hydrogen) atoms. The highest BCUT2D eigenvalue weighted by Gasteiger charge is 2.27. The highest BCUT2D eigenvalue weighted by Crippen LogP contribution is 2.21. The number of amides is 1. The van der Waals surface area contributed by atoms with E-state index in [0.29, 0.717) is 5.56 Å². The Morgan fingerprint density at radius 3 is 2.54 bits per heavy atom. The van der Waals surface area contributed by atoms with Gasteiger partial charge in [-0.05, 0) is 22.9 Å². The number of nitrogens with zero attached hydrogens (tertiary/aromatic N) is 5. The molecule has 0 aliphatic heterocycles. The van der Waals surface area contributed by atoms with Crippen molar-refractivity contribution in [1.29, 1.82) is 0 Å². The van der Waals surface area contributed by atoms with Crippen LogP contribution in [0.15, 0.2) is 54.6 Å². The topological polar surface area (TPSA) is 63.9 Å². The Morgan fingerprint density at radius 2 is 1.88 bits per heavy atom. The van der Waals surface area contributed by atoms with Crippen molar-refractivity contribution in [2.24, 2.45) is 0 Å². The van der Waals surface area contributed by atoms with Crippen LogP contribution in [0.25, 0.3) is 11.4 Å². The quantitative estimate of drug-likeness (QED) is 0.737. The van der Waals surface area contributed by atoms with E-state index >= 15 is 0 Å². The van der Waals surface area contributed by atoms with Gasteiger partial charge < -0.3 is 4.90 Å². The van der Waals surface area contributed by atoms with Crippen LogP contribution in [0, 0.1) is 5.82 Å². The predicted octanol–water partition coefficient (Wildman–Crippen LogP) is 2.16. The Kier molecular flexibility index (Phi) is 4.33. The summed E-state index contributed by atoms with van der Waals surface area (Å²) in [5, 5.41) is 12.3. The van der Waals surface area contributed by atoms with Crippen LogP contribution in [0.4, 0.5) is 4.39 Å². The standard InChI is InChI=1S/C17H16FN5O/c1-22(2)17(24)15(12-7-4-3-5-8-12)23-20-16(19-21-23)13-9-6-10-14(18)11-13/h3-11,15H,1-2H3/t15-/m0/s1. The minimum atomic E-state index is -0.726. The van der Waals surface area contributed by atoms with Gasteiger partial charge in [-0.1, -0.05) is 42.5 Å². The van der Waals surface area contributed by atoms with Gasteiger partial charge in [0.2, 0.25) is 5.82 Å². The maximum atomic E-state index is 13.4. The molecule has 3 rings (SSSR count). The van der Waals surface area contributed by atoms with Gasteiger partial charge in [0, 0.05) is 19.7 Å². The third-order valence-electron chi connectivity index (χ3n) is 3.53. The Hall–Kier alpha value is -3.09. The first-order valence-electron chi connectivity index (χ1n) is 7.38. The van der Waals surface area contributed by atoms with E-state index in [2.05, 4.69) is 15.4 Å². The van der Waals surface area contributed by atoms with E-state index in [1.807, 2.05) is 30.3 Å². The zero-order valence-corrected chi connectivity index (χ0v) is 13.3. The van der Waals surface area contributed by atoms with Crippen molar-refractivity contribution in [3.8, 4) is 11.4 Å². The fraction of sp³-hybridized carbons (Fsp3) is 0.176. The van der Waals surface area contributed by atoms with Gasteiger partial charge in [-0.15, -0.1) is 15.0 Å². The zero-order chi connectivity index (χ0) is 17.1. The third-order valence-corrected chi connectivity index (χ3v) is 3.53. The molecule has 122 valence electrons. The predicted molar refractivity (Wildman–Crippen MR) is 86.5 cm³/mol. The van der Waals surface area contributed by atoms with Crippen LogP contribution < -0.4 is 0 Å². The van der Waals surface area contributed by atoms with Crippen LogP contribution in [-0.4, -0.2) is 45.1 Å². The van der Waals surface area contributed by atoms with Crippen molar-refractivity contribution in [2.45, 2.75) is 6.04 Å². The molecule has 0 unspecified atom stereocenters. The number of hydrogen-bond donors (Lipinski definition) is 0. The van der Waals surface area contributed by atoms with E-state index < -0.39 is 6.04 Å². The molecule has 0 saturated heterocycles. The number of carbonyl (C=O) groups is 1. The van der Waals surface area contributed by atoms with Crippen LogP contribution in [0.3, 0.4) is 0 Å². The van der Waals surface area contributed by atoms with E-state index in [1.54, 1.807) is 26.2 Å². The van der Waals surface area contributed by atoms with Crippen molar-refractivity contribution in [2.75, 3.05) is 14.1 Å². The van der Waals surface area contributed by atoms with Gasteiger partial charge in [-0.25, -0.2) is 4.39 Å². The summed E-state index contributed by atoms with van der Waals surface area (Å²) in [6.45, 7) is 0. The number of halogens is 1. The van der Waals surface area contributed by atoms with Gasteiger partial charge >= 0.3 is 0 Å². The van der Waals surface area contributed by atoms with Crippen LogP contribution >= 0.6 is 0 Å². The summed E-state index contributed by atoms with van der Waals surface area (Å²) in [5.41, 5.74) is 1.25. The fourth-order valence-electron chi connectivity index (χ4n) is 2.33. The Labute approximate surface area is 138 Å². The Morgan fingerprint density at radius 1 is 1.12 bits per heavy atom. The van der Waals surface area contributed by atoms with Crippen molar-refractivity contribution >= 4 is 5.91 Å². The number of carbonyl (C=O) groups excluding carboxylic acids is 1. The monoisotopic (exact) mass is 325 g/mol. The molecule has 1 atom stereocenters. The molecular formula is C17H16FN5O. The SMILES string of the molecule is CN(C)C(=O)[C@H](c1ccccc1)n1nnc(-c2cccc(F)c2)n1. The summed E-state index contributed by atoms with van der Waals surface area (Å²) in [7, 11) is 3.34. The van der Waals surface area contributed by atoms with E-state index in [4.69, 9.17) is 0 Å². The van der Waals surface area contributed by atoms with Gasteiger partial charge in [-0.2, -0.15) is 0 Å². The number of benzene rings is 2. The van der Waals surface area contributed by atoms with E-state index in [0.717, 1.165) is 5.56 Å². The molecule has 1 heterocycles. The average molecular weight is 325 g/mol. The van der Waals surface area contributed by atoms with Crippen molar-refractivity contribution in [3.63, 3.8) is 0 Å². The summed E-state index contributed by atoms with van der Waals surface area (Å²) in [5.74, 6) is -0.292. The molecule has 0 N–H and O–H groups in total. The van der Waals surface area contributed by atoms with Gasteiger partial charge in [0.05, 0.1) is 0 Å². The molecule has 0 fully saturated rings. The molecular weight excluding hydrogens is 309 g/mol. The van der Waals surface area contributed by atoms with Crippen molar-refractivity contribution in [3.05, 3.63) is 66.0 Å². The smallest absolute Gasteiger partial charge is 0.253 e. The first-order valence-corrected chi connectivity index (χ1v) is 7.38. The first kappa shape index (κ1) is 15.8. The largest absolute Gasteiger partial charge is 0.347 e. The zero-order valence-electron chi connectivity index (χ0n) is 13.3. The van der Waals surface area contributed by atoms with Crippen molar-refractivity contribution < 1.29 is 9.18 Å². The van der Waals surface area contributed by atoms with Gasteiger partial charge in [0.1, 0.15) is 5.82 Å². The van der Waals surface area contributed by atoms with E-state index in [1.165, 1.54) is 21.8 Å². The molecule has 0 bridgehead atoms. The van der Waals surface area contributed by atoms with Gasteiger partial charge in [0.15, 0.2) is 6.04 Å². The fourth-order valence-corrected chi connectivity index (χ4v) is 2.33. The lowest BCUT2D eigenvalue weighted by Crippen LogP contribution is -2.33. The molecule has 0 aliphatic rings. The minimum Gasteiger partial charge on any atom is -0.347 e. The second-order valence-electron chi connectivity index (χ2n) is 5.49. The molecule has 0 aliphatic carbocycles. The van der Waals surface area contributed by atoms with E-state index in [-0.39, 0.29) is 17.5 Å². The molecule has 3 aromatic rings. The summed E-state index contributed by atoms with van der Waals surface area (Å²) in [4.78, 5) is 15.3. The lowest BCUT2D eigenvalue weighted by atomic mass is 10.1. The number of aromatic nitrogens is 4. The average Bonchev–Trinajstić information content (AvgIpc) is 3.05. The summed E-state index contributed by atoms with van der Waals surface area (Å²) in [6, 6.07) is 14.4. The van der Waals surface area contributed by atoms with E-state index in [9.17, 15) is 9.18 Å². The molecule has 1 aromatic heterocycles. The highest BCUT2D eigenvalue weighted by atomic mass is 19.1. The first-order chi connectivity index (χ1) is 11.6. The number of tetrazole rings is 1. The molecule has 2 aromatic carbocycles. The Balaban J connectivity index is 2.02. The van der Waals surface area contributed by atoms with Crippen molar-refractivity contribution in [1.82, 2.24) is 25.1 Å². The number of hydrogen-bond acceptors (Lipinski definition) is 4. The second kappa shape index (κ2) is 6.57. The molecule has 6 nitrogen and oxygen atoms in total. The Bertz CT molecular complexity index is 847. The summed E-state index contributed by atoms with van der Waals surface area (Å²) < 4.78 is 13.4. The normalized spacial score (nSPS) is 12.0. The molecule has 0 spiro atoms. The molecule has 0 radical (unpaired) electrons. The van der Waals surface area contributed by atoms with Crippen LogP contribution in [-0.2, 0) is 4.79 Å². The lowest BCUT2D eigenvalue weighted by molar-refractivity contribution is -0.131. The molecule has 7 heteroatoms. The number of likely N-dealkylation sites (N-methyl/N-ethyl adjacent to an activating group) is 1. The van der Waals surface area contributed by atoms with Crippen LogP contribution in [0.2, 0.25) is 0 Å². The van der Waals surface area contributed by atoms with Gasteiger partial charge in [0.25, 0.3) is 5.91 Å². The number of rotatable bonds is 4. The highest BCUT2D eigenvalue weighted by molar-refractivity contribution is 5.83. The maximum absolute atomic E-state index is 13.4. The maximum Gasteiger partial charge on any atom is 0.253 e. The molecule has 1 amide bonds. The summed E-state index contributed by atoms with van der Waals surface area (Å²) in [6.07, 6.45) is 0. The van der Waals surface area contributed by atoms with Crippen LogP contribution in [0.5, 0.6) is 0 Å². The summed E-state index contributed by atoms with van der Waals surface area (Å²) >= 11 is 0. The lowest BCUT2D eigenvalue weighted by Gasteiger charge is -2.19. The van der Waals surface area contributed by atoms with Gasteiger partial charge in [-0.3, -0.25) is 4.79 Å². The second-order valence-corrected chi connectivity index (χ2v) is 5.49. The third kappa shape index (κ3) is 3.15. The molecule has 0 saturated carbocycles. The minimum absolute atomic E-state index is 0.176. The van der Waals surface area contributed by atoms with Crippen LogP contribution in [0.1, 0.15) is 11.6 Å².